The molecule has 0 aliphatic heterocycles. The van der Waals surface area contributed by atoms with Gasteiger partial charge in [-0.2, -0.15) is 0 Å². The molecule has 4 heteroatoms. The molecule has 0 saturated heterocycles. The van der Waals surface area contributed by atoms with Crippen LogP contribution in [-0.4, -0.2) is 16.0 Å². The number of rotatable bonds is 2. The first-order valence-corrected chi connectivity index (χ1v) is 8.52. The van der Waals surface area contributed by atoms with Gasteiger partial charge < -0.3 is 10.4 Å². The molecule has 1 aromatic carbocycles. The summed E-state index contributed by atoms with van der Waals surface area (Å²) in [5.41, 5.74) is 2.41. The Labute approximate surface area is 150 Å². The topological polar surface area (TPSA) is 62.2 Å². The van der Waals surface area contributed by atoms with Crippen molar-refractivity contribution in [1.29, 1.82) is 0 Å². The van der Waals surface area contributed by atoms with E-state index in [0.717, 1.165) is 16.7 Å². The normalized spacial score (nSPS) is 12.1. The van der Waals surface area contributed by atoms with E-state index >= 15 is 0 Å². The SMILES string of the molecule is Cc1cccnc1NC(=O)c1cc(C(C)(C)C)c(O)c(C(C)(C)C)c1. The van der Waals surface area contributed by atoms with Gasteiger partial charge in [-0.3, -0.25) is 4.79 Å². The van der Waals surface area contributed by atoms with Crippen molar-refractivity contribution in [1.82, 2.24) is 4.98 Å². The Morgan fingerprint density at radius 2 is 1.56 bits per heavy atom. The summed E-state index contributed by atoms with van der Waals surface area (Å²) >= 11 is 0. The smallest absolute Gasteiger partial charge is 0.256 e. The molecule has 0 aliphatic rings. The van der Waals surface area contributed by atoms with E-state index in [9.17, 15) is 9.90 Å². The van der Waals surface area contributed by atoms with E-state index in [1.54, 1.807) is 18.3 Å². The van der Waals surface area contributed by atoms with Gasteiger partial charge in [0.05, 0.1) is 0 Å². The highest BCUT2D eigenvalue weighted by atomic mass is 16.3. The van der Waals surface area contributed by atoms with Crippen molar-refractivity contribution in [2.75, 3.05) is 5.32 Å². The van der Waals surface area contributed by atoms with E-state index in [1.165, 1.54) is 0 Å². The first kappa shape index (κ1) is 19.0. The molecule has 0 unspecified atom stereocenters. The van der Waals surface area contributed by atoms with Crippen molar-refractivity contribution in [2.24, 2.45) is 0 Å². The number of phenols is 1. The maximum absolute atomic E-state index is 12.8. The highest BCUT2D eigenvalue weighted by molar-refractivity contribution is 6.04. The van der Waals surface area contributed by atoms with Gasteiger partial charge in [-0.1, -0.05) is 47.6 Å². The van der Waals surface area contributed by atoms with Crippen LogP contribution in [0.15, 0.2) is 30.5 Å². The van der Waals surface area contributed by atoms with Gasteiger partial charge in [0, 0.05) is 22.9 Å². The third-order valence-corrected chi connectivity index (χ3v) is 4.23. The minimum atomic E-state index is -0.277. The number of hydrogen-bond acceptors (Lipinski definition) is 3. The van der Waals surface area contributed by atoms with Crippen LogP contribution in [0.2, 0.25) is 0 Å². The third-order valence-electron chi connectivity index (χ3n) is 4.23. The summed E-state index contributed by atoms with van der Waals surface area (Å²) in [6.07, 6.45) is 1.65. The van der Waals surface area contributed by atoms with Gasteiger partial charge in [0.15, 0.2) is 0 Å². The van der Waals surface area contributed by atoms with Crippen LogP contribution >= 0.6 is 0 Å². The van der Waals surface area contributed by atoms with E-state index in [1.807, 2.05) is 60.6 Å². The quantitative estimate of drug-likeness (QED) is 0.813. The molecule has 1 aromatic heterocycles. The fourth-order valence-corrected chi connectivity index (χ4v) is 2.71. The first-order valence-electron chi connectivity index (χ1n) is 8.52. The number of anilines is 1. The largest absolute Gasteiger partial charge is 0.507 e. The zero-order valence-corrected chi connectivity index (χ0v) is 16.2. The van der Waals surface area contributed by atoms with Crippen molar-refractivity contribution in [3.05, 3.63) is 52.7 Å². The fourth-order valence-electron chi connectivity index (χ4n) is 2.71. The van der Waals surface area contributed by atoms with Crippen LogP contribution in [0.3, 0.4) is 0 Å². The summed E-state index contributed by atoms with van der Waals surface area (Å²) in [6, 6.07) is 7.29. The second-order valence-corrected chi connectivity index (χ2v) is 8.54. The number of nitrogens with one attached hydrogen (secondary N) is 1. The Morgan fingerprint density at radius 3 is 2.00 bits per heavy atom. The summed E-state index contributed by atoms with van der Waals surface area (Å²) < 4.78 is 0. The standard InChI is InChI=1S/C21H28N2O2/c1-13-9-8-10-22-18(13)23-19(25)14-11-15(20(2,3)4)17(24)16(12-14)21(5,6)7/h8-12,24H,1-7H3,(H,22,23,25). The summed E-state index contributed by atoms with van der Waals surface area (Å²) in [5, 5.41) is 13.6. The van der Waals surface area contributed by atoms with Gasteiger partial charge in [-0.05, 0) is 41.5 Å². The number of carbonyl (C=O) groups is 1. The number of phenolic OH excluding ortho intramolecular Hbond substituents is 1. The third kappa shape index (κ3) is 4.19. The van der Waals surface area contributed by atoms with Crippen molar-refractivity contribution in [3.8, 4) is 5.75 Å². The Balaban J connectivity index is 2.54. The Hall–Kier alpha value is -2.36. The molecule has 0 bridgehead atoms. The van der Waals surface area contributed by atoms with Gasteiger partial charge in [-0.25, -0.2) is 4.98 Å². The number of benzene rings is 1. The van der Waals surface area contributed by atoms with E-state index in [4.69, 9.17) is 0 Å². The zero-order chi connectivity index (χ0) is 19.0. The van der Waals surface area contributed by atoms with E-state index in [2.05, 4.69) is 10.3 Å². The molecule has 1 heterocycles. The van der Waals surface area contributed by atoms with Crippen LogP contribution in [-0.2, 0) is 10.8 Å². The number of pyridine rings is 1. The van der Waals surface area contributed by atoms with Crippen molar-refractivity contribution in [3.63, 3.8) is 0 Å². The van der Waals surface area contributed by atoms with Crippen LogP contribution in [0, 0.1) is 6.92 Å². The van der Waals surface area contributed by atoms with Crippen molar-refractivity contribution >= 4 is 11.7 Å². The highest BCUT2D eigenvalue weighted by Crippen LogP contribution is 2.39. The average Bonchev–Trinajstić information content (AvgIpc) is 2.47. The van der Waals surface area contributed by atoms with Gasteiger partial charge in [0.25, 0.3) is 5.91 Å². The molecule has 0 radical (unpaired) electrons. The molecule has 2 N–H and O–H groups in total. The maximum atomic E-state index is 12.8. The lowest BCUT2D eigenvalue weighted by atomic mass is 9.78. The molecule has 0 atom stereocenters. The van der Waals surface area contributed by atoms with E-state index in [-0.39, 0.29) is 22.5 Å². The molecule has 2 rings (SSSR count). The van der Waals surface area contributed by atoms with Crippen LogP contribution in [0.25, 0.3) is 0 Å². The summed E-state index contributed by atoms with van der Waals surface area (Å²) in [7, 11) is 0. The summed E-state index contributed by atoms with van der Waals surface area (Å²) in [4.78, 5) is 17.0. The molecular formula is C21H28N2O2. The lowest BCUT2D eigenvalue weighted by Gasteiger charge is -2.28. The highest BCUT2D eigenvalue weighted by Gasteiger charge is 2.27. The Morgan fingerprint density at radius 1 is 1.04 bits per heavy atom. The Kier molecular flexibility index (Phi) is 4.94. The molecule has 2 aromatic rings. The second-order valence-electron chi connectivity index (χ2n) is 8.54. The molecule has 0 aliphatic carbocycles. The molecule has 134 valence electrons. The molecule has 0 spiro atoms. The van der Waals surface area contributed by atoms with E-state index in [0.29, 0.717) is 11.4 Å². The molecule has 0 saturated carbocycles. The number of aromatic hydroxyl groups is 1. The summed E-state index contributed by atoms with van der Waals surface area (Å²) in [5.74, 6) is 0.596. The van der Waals surface area contributed by atoms with Gasteiger partial charge in [0.2, 0.25) is 0 Å². The van der Waals surface area contributed by atoms with Gasteiger partial charge in [0.1, 0.15) is 11.6 Å². The maximum Gasteiger partial charge on any atom is 0.256 e. The van der Waals surface area contributed by atoms with E-state index < -0.39 is 0 Å². The van der Waals surface area contributed by atoms with Gasteiger partial charge in [-0.15, -0.1) is 0 Å². The van der Waals surface area contributed by atoms with Gasteiger partial charge >= 0.3 is 0 Å². The van der Waals surface area contributed by atoms with Crippen LogP contribution in [0.5, 0.6) is 5.75 Å². The predicted octanol–water partition coefficient (Wildman–Crippen LogP) is 4.94. The minimum absolute atomic E-state index is 0.224. The molecule has 25 heavy (non-hydrogen) atoms. The first-order chi connectivity index (χ1) is 11.4. The lowest BCUT2D eigenvalue weighted by Crippen LogP contribution is -2.21. The molecule has 4 nitrogen and oxygen atoms in total. The molecular weight excluding hydrogens is 312 g/mol. The number of hydrogen-bond donors (Lipinski definition) is 2. The number of aromatic nitrogens is 1. The number of aryl methyl sites for hydroxylation is 1. The van der Waals surface area contributed by atoms with Crippen molar-refractivity contribution < 1.29 is 9.90 Å². The second kappa shape index (κ2) is 6.51. The van der Waals surface area contributed by atoms with Crippen LogP contribution < -0.4 is 5.32 Å². The fraction of sp³-hybridized carbons (Fsp3) is 0.429. The number of nitrogens with zero attached hydrogens (tertiary/aromatic N) is 1. The molecule has 0 fully saturated rings. The predicted molar refractivity (Wildman–Crippen MR) is 102 cm³/mol. The lowest BCUT2D eigenvalue weighted by molar-refractivity contribution is 0.102. The molecule has 1 amide bonds. The number of carbonyl (C=O) groups excluding carboxylic acids is 1. The number of amides is 1. The minimum Gasteiger partial charge on any atom is -0.507 e. The van der Waals surface area contributed by atoms with Crippen molar-refractivity contribution in [2.45, 2.75) is 59.3 Å². The van der Waals surface area contributed by atoms with Crippen LogP contribution in [0.1, 0.15) is 68.6 Å². The monoisotopic (exact) mass is 340 g/mol. The average molecular weight is 340 g/mol. The Bertz CT molecular complexity index is 761. The van der Waals surface area contributed by atoms with Crippen LogP contribution in [0.4, 0.5) is 5.82 Å². The summed E-state index contributed by atoms with van der Waals surface area (Å²) in [6.45, 7) is 14.1. The zero-order valence-electron chi connectivity index (χ0n) is 16.2.